The molecule has 0 saturated heterocycles. The van der Waals surface area contributed by atoms with Crippen LogP contribution >= 0.6 is 0 Å². The minimum Gasteiger partial charge on any atom is -0.390 e. The van der Waals surface area contributed by atoms with Gasteiger partial charge in [0.05, 0.1) is 35.8 Å². The van der Waals surface area contributed by atoms with Crippen LogP contribution in [-0.2, 0) is 10.4 Å². The molecule has 2 aliphatic rings. The number of nitrogens with zero attached hydrogens (tertiary/aromatic N) is 2. The lowest BCUT2D eigenvalue weighted by molar-refractivity contribution is -0.262. The Morgan fingerprint density at radius 3 is 2.14 bits per heavy atom. The summed E-state index contributed by atoms with van der Waals surface area (Å²) < 4.78 is 0. The summed E-state index contributed by atoms with van der Waals surface area (Å²) >= 11 is 0. The molecule has 0 amide bonds. The Kier molecular flexibility index (Phi) is 6.18. The van der Waals surface area contributed by atoms with Gasteiger partial charge in [-0.25, -0.2) is 0 Å². The standard InChI is InChI=1S/C22H27N3O10/c26-12-5-19(32,6-13(27)16(12)29)18(31)22(35)15(28)7-20(33,17(30)11-8-24-25-9-11)10-21(22,34)14-3-1-2-4-23-14/h1-4,8-9,12-13,15-16,26-29,32-35H,5-7,10H2,(H,24,25)/t12-,13-,15-,16?,19?,20?,21-,22?/m1/s1. The minimum atomic E-state index is -3.25. The van der Waals surface area contributed by atoms with Crippen LogP contribution < -0.4 is 0 Å². The summed E-state index contributed by atoms with van der Waals surface area (Å²) in [7, 11) is 0. The van der Waals surface area contributed by atoms with Crippen molar-refractivity contribution in [1.82, 2.24) is 15.2 Å². The van der Waals surface area contributed by atoms with Crippen LogP contribution in [0.1, 0.15) is 41.7 Å². The number of ketones is 2. The first-order valence-electron chi connectivity index (χ1n) is 10.9. The monoisotopic (exact) mass is 493 g/mol. The number of rotatable bonds is 5. The summed E-state index contributed by atoms with van der Waals surface area (Å²) in [5.41, 5.74) is -11.8. The first kappa shape index (κ1) is 25.5. The van der Waals surface area contributed by atoms with Gasteiger partial charge in [0.25, 0.3) is 0 Å². The van der Waals surface area contributed by atoms with E-state index in [0.29, 0.717) is 0 Å². The molecule has 2 heterocycles. The van der Waals surface area contributed by atoms with Gasteiger partial charge in [-0.15, -0.1) is 0 Å². The summed E-state index contributed by atoms with van der Waals surface area (Å²) in [6, 6.07) is 4.04. The van der Waals surface area contributed by atoms with Crippen molar-refractivity contribution in [3.63, 3.8) is 0 Å². The number of hydrogen-bond donors (Lipinski definition) is 9. The number of hydrogen-bond acceptors (Lipinski definition) is 12. The van der Waals surface area contributed by atoms with E-state index < -0.39 is 89.8 Å². The van der Waals surface area contributed by atoms with Crippen molar-refractivity contribution in [2.75, 3.05) is 0 Å². The van der Waals surface area contributed by atoms with Crippen LogP contribution in [0.4, 0.5) is 0 Å². The number of aliphatic hydroxyl groups excluding tert-OH is 4. The molecule has 0 bridgehead atoms. The van der Waals surface area contributed by atoms with E-state index in [1.807, 2.05) is 0 Å². The number of nitrogens with one attached hydrogen (secondary N) is 1. The topological polar surface area (TPSA) is 238 Å². The third-order valence-corrected chi connectivity index (χ3v) is 7.11. The summed E-state index contributed by atoms with van der Waals surface area (Å²) in [6.07, 6.45) is -7.61. The van der Waals surface area contributed by atoms with Gasteiger partial charge in [0.1, 0.15) is 22.9 Å². The average molecular weight is 493 g/mol. The number of pyridine rings is 1. The maximum atomic E-state index is 13.7. The van der Waals surface area contributed by atoms with E-state index >= 15 is 0 Å². The number of H-pyrrole nitrogens is 1. The molecule has 190 valence electrons. The van der Waals surface area contributed by atoms with Gasteiger partial charge < -0.3 is 40.9 Å². The Bertz CT molecular complexity index is 1090. The SMILES string of the molecule is O=C(c1cn[nH]c1)C1(O)C[C@@H](O)C(O)(C(=O)C2(O)C[C@@H](O)C(O)[C@H](O)C2)[C@](O)(c2ccccn2)C1. The number of aromatic amines is 1. The third kappa shape index (κ3) is 3.80. The van der Waals surface area contributed by atoms with Crippen molar-refractivity contribution in [2.24, 2.45) is 0 Å². The Morgan fingerprint density at radius 2 is 1.60 bits per heavy atom. The van der Waals surface area contributed by atoms with Gasteiger partial charge in [0.2, 0.25) is 5.78 Å². The van der Waals surface area contributed by atoms with E-state index in [9.17, 15) is 50.4 Å². The largest absolute Gasteiger partial charge is 0.390 e. The fourth-order valence-corrected chi connectivity index (χ4v) is 5.24. The first-order valence-corrected chi connectivity index (χ1v) is 10.9. The molecule has 0 spiro atoms. The molecule has 0 radical (unpaired) electrons. The number of carbonyl (C=O) groups excluding carboxylic acids is 2. The molecule has 0 aromatic carbocycles. The summed E-state index contributed by atoms with van der Waals surface area (Å²) in [6.45, 7) is 0. The molecular weight excluding hydrogens is 466 g/mol. The van der Waals surface area contributed by atoms with E-state index in [1.165, 1.54) is 30.6 Å². The van der Waals surface area contributed by atoms with Gasteiger partial charge in [-0.3, -0.25) is 19.7 Å². The molecule has 0 aliphatic heterocycles. The number of aromatic nitrogens is 3. The van der Waals surface area contributed by atoms with Crippen LogP contribution in [0.3, 0.4) is 0 Å². The molecular formula is C22H27N3O10. The van der Waals surface area contributed by atoms with Crippen molar-refractivity contribution in [3.8, 4) is 0 Å². The molecule has 13 nitrogen and oxygen atoms in total. The average Bonchev–Trinajstić information content (AvgIpc) is 3.35. The second kappa shape index (κ2) is 8.50. The highest BCUT2D eigenvalue weighted by atomic mass is 16.4. The molecule has 2 aliphatic carbocycles. The fourth-order valence-electron chi connectivity index (χ4n) is 5.24. The van der Waals surface area contributed by atoms with E-state index in [4.69, 9.17) is 0 Å². The number of Topliss-reactive ketones (excluding diaryl/α,β-unsaturated/α-hetero) is 2. The third-order valence-electron chi connectivity index (χ3n) is 7.11. The zero-order valence-electron chi connectivity index (χ0n) is 18.4. The van der Waals surface area contributed by atoms with Crippen LogP contribution in [0.25, 0.3) is 0 Å². The summed E-state index contributed by atoms with van der Waals surface area (Å²) in [5, 5.41) is 92.8. The van der Waals surface area contributed by atoms with Crippen molar-refractivity contribution in [3.05, 3.63) is 48.0 Å². The number of aliphatic hydroxyl groups is 8. The van der Waals surface area contributed by atoms with Crippen LogP contribution in [0.2, 0.25) is 0 Å². The molecule has 2 saturated carbocycles. The zero-order valence-corrected chi connectivity index (χ0v) is 18.4. The maximum Gasteiger partial charge on any atom is 0.202 e. The lowest BCUT2D eigenvalue weighted by atomic mass is 9.56. The molecule has 4 rings (SSSR count). The molecule has 9 N–H and O–H groups in total. The smallest absolute Gasteiger partial charge is 0.202 e. The Hall–Kier alpha value is -2.62. The highest BCUT2D eigenvalue weighted by Crippen LogP contribution is 2.51. The summed E-state index contributed by atoms with van der Waals surface area (Å²) in [4.78, 5) is 30.7. The Labute approximate surface area is 198 Å². The first-order chi connectivity index (χ1) is 16.3. The van der Waals surface area contributed by atoms with Gasteiger partial charge >= 0.3 is 0 Å². The van der Waals surface area contributed by atoms with Gasteiger partial charge in [-0.1, -0.05) is 6.07 Å². The number of carbonyl (C=O) groups is 2. The zero-order chi connectivity index (χ0) is 25.8. The highest BCUT2D eigenvalue weighted by molar-refractivity contribution is 6.03. The van der Waals surface area contributed by atoms with E-state index in [0.717, 1.165) is 6.20 Å². The van der Waals surface area contributed by atoms with Crippen molar-refractivity contribution < 1.29 is 50.4 Å². The van der Waals surface area contributed by atoms with Gasteiger partial charge in [-0.2, -0.15) is 5.10 Å². The van der Waals surface area contributed by atoms with E-state index in [2.05, 4.69) is 15.2 Å². The van der Waals surface area contributed by atoms with Crippen molar-refractivity contribution in [1.29, 1.82) is 0 Å². The van der Waals surface area contributed by atoms with Crippen molar-refractivity contribution in [2.45, 2.75) is 72.5 Å². The normalized spacial score (nSPS) is 41.9. The molecule has 2 aromatic rings. The van der Waals surface area contributed by atoms with Crippen LogP contribution in [0.5, 0.6) is 0 Å². The second-order valence-corrected chi connectivity index (χ2v) is 9.48. The van der Waals surface area contributed by atoms with Crippen LogP contribution in [0.15, 0.2) is 36.8 Å². The van der Waals surface area contributed by atoms with E-state index in [-0.39, 0.29) is 5.56 Å². The Morgan fingerprint density at radius 1 is 0.943 bits per heavy atom. The van der Waals surface area contributed by atoms with E-state index in [1.54, 1.807) is 0 Å². The molecule has 2 unspecified atom stereocenters. The van der Waals surface area contributed by atoms with Gasteiger partial charge in [0.15, 0.2) is 11.4 Å². The maximum absolute atomic E-state index is 13.7. The predicted molar refractivity (Wildman–Crippen MR) is 113 cm³/mol. The molecule has 6 atom stereocenters. The lowest BCUT2D eigenvalue weighted by Gasteiger charge is -2.55. The molecule has 13 heteroatoms. The Balaban J connectivity index is 1.83. The predicted octanol–water partition coefficient (Wildman–Crippen LogP) is -3.33. The summed E-state index contributed by atoms with van der Waals surface area (Å²) in [5.74, 6) is -2.53. The molecule has 35 heavy (non-hydrogen) atoms. The second-order valence-electron chi connectivity index (χ2n) is 9.48. The lowest BCUT2D eigenvalue weighted by Crippen LogP contribution is -2.76. The highest BCUT2D eigenvalue weighted by Gasteiger charge is 2.71. The molecule has 2 fully saturated rings. The molecule has 2 aromatic heterocycles. The van der Waals surface area contributed by atoms with Crippen LogP contribution in [-0.4, -0.2) is 109 Å². The quantitative estimate of drug-likeness (QED) is 0.186. The van der Waals surface area contributed by atoms with Crippen LogP contribution in [0, 0.1) is 0 Å². The van der Waals surface area contributed by atoms with Gasteiger partial charge in [-0.05, 0) is 12.1 Å². The van der Waals surface area contributed by atoms with Crippen molar-refractivity contribution >= 4 is 11.6 Å². The fraction of sp³-hybridized carbons (Fsp3) is 0.545. The minimum absolute atomic E-state index is 0.0917. The van der Waals surface area contributed by atoms with Gasteiger partial charge in [0, 0.05) is 38.1 Å².